The molecule has 0 saturated carbocycles. The highest BCUT2D eigenvalue weighted by atomic mass is 32.1. The predicted molar refractivity (Wildman–Crippen MR) is 67.4 cm³/mol. The van der Waals surface area contributed by atoms with E-state index in [0.29, 0.717) is 5.05 Å². The summed E-state index contributed by atoms with van der Waals surface area (Å²) in [5, 5.41) is 0.663. The molecule has 1 unspecified atom stereocenters. The maximum Gasteiger partial charge on any atom is 0.194 e. The van der Waals surface area contributed by atoms with Crippen LogP contribution in [0.25, 0.3) is 0 Å². The van der Waals surface area contributed by atoms with Crippen LogP contribution in [0.5, 0.6) is 0 Å². The lowest BCUT2D eigenvalue weighted by Crippen LogP contribution is -2.41. The Morgan fingerprint density at radius 1 is 1.44 bits per heavy atom. The second kappa shape index (κ2) is 3.54. The molecule has 2 aliphatic rings. The van der Waals surface area contributed by atoms with Gasteiger partial charge in [-0.2, -0.15) is 0 Å². The highest BCUT2D eigenvalue weighted by Crippen LogP contribution is 2.46. The van der Waals surface area contributed by atoms with Crippen LogP contribution in [-0.4, -0.2) is 23.0 Å². The molecule has 3 rings (SSSR count). The van der Waals surface area contributed by atoms with Gasteiger partial charge in [-0.1, -0.05) is 25.1 Å². The average molecular weight is 233 g/mol. The predicted octanol–water partition coefficient (Wildman–Crippen LogP) is 2.66. The number of nitrogens with zero attached hydrogens (tertiary/aromatic N) is 1. The third kappa shape index (κ3) is 1.19. The second-order valence-corrected chi connectivity index (χ2v) is 4.77. The van der Waals surface area contributed by atoms with Crippen molar-refractivity contribution in [2.24, 2.45) is 0 Å². The Bertz CT molecular complexity index is 445. The zero-order chi connectivity index (χ0) is 11.2. The van der Waals surface area contributed by atoms with Crippen LogP contribution in [0.4, 0.5) is 0 Å². The fourth-order valence-corrected chi connectivity index (χ4v) is 3.26. The van der Waals surface area contributed by atoms with E-state index in [1.54, 1.807) is 0 Å². The number of benzene rings is 1. The summed E-state index contributed by atoms with van der Waals surface area (Å²) in [7, 11) is 0. The summed E-state index contributed by atoms with van der Waals surface area (Å²) in [6, 6.07) is 8.32. The van der Waals surface area contributed by atoms with Gasteiger partial charge in [-0.25, -0.2) is 0 Å². The van der Waals surface area contributed by atoms with E-state index in [1.807, 2.05) is 6.07 Å². The third-order valence-corrected chi connectivity index (χ3v) is 3.97. The van der Waals surface area contributed by atoms with Crippen molar-refractivity contribution in [1.29, 1.82) is 0 Å². The van der Waals surface area contributed by atoms with Gasteiger partial charge in [0, 0.05) is 24.1 Å². The van der Waals surface area contributed by atoms with E-state index >= 15 is 0 Å². The van der Waals surface area contributed by atoms with Crippen molar-refractivity contribution < 1.29 is 4.74 Å². The molecule has 1 saturated heterocycles. The summed E-state index contributed by atoms with van der Waals surface area (Å²) in [6.45, 7) is 4.30. The first-order valence-electron chi connectivity index (χ1n) is 5.86. The summed E-state index contributed by atoms with van der Waals surface area (Å²) < 4.78 is 6.04. The minimum Gasteiger partial charge on any atom is -0.457 e. The van der Waals surface area contributed by atoms with Gasteiger partial charge in [0.1, 0.15) is 0 Å². The zero-order valence-electron chi connectivity index (χ0n) is 9.40. The van der Waals surface area contributed by atoms with E-state index in [0.717, 1.165) is 25.1 Å². The Balaban J connectivity index is 2.15. The summed E-state index contributed by atoms with van der Waals surface area (Å²) in [5.41, 5.74) is 2.12. The Morgan fingerprint density at radius 3 is 3.06 bits per heavy atom. The van der Waals surface area contributed by atoms with Gasteiger partial charge in [0.05, 0.1) is 0 Å². The lowest BCUT2D eigenvalue weighted by atomic mass is 9.98. The molecule has 2 nitrogen and oxygen atoms in total. The molecule has 2 aliphatic heterocycles. The molecule has 1 spiro atoms. The van der Waals surface area contributed by atoms with Crippen molar-refractivity contribution in [1.82, 2.24) is 4.90 Å². The Kier molecular flexibility index (Phi) is 2.26. The quantitative estimate of drug-likeness (QED) is 0.692. The molecule has 0 aromatic heterocycles. The standard InChI is InChI=1S/C13H15NOS/c1-2-14-9-5-8-13(14)11-7-4-3-6-10(11)12(16)15-13/h3-4,6-7H,2,5,8-9H2,1H3. The molecule has 0 bridgehead atoms. The van der Waals surface area contributed by atoms with Crippen molar-refractivity contribution in [2.75, 3.05) is 13.1 Å². The van der Waals surface area contributed by atoms with Crippen LogP contribution >= 0.6 is 12.2 Å². The van der Waals surface area contributed by atoms with E-state index in [-0.39, 0.29) is 5.72 Å². The van der Waals surface area contributed by atoms with Gasteiger partial charge in [-0.05, 0) is 31.2 Å². The van der Waals surface area contributed by atoms with Crippen LogP contribution < -0.4 is 0 Å². The zero-order valence-corrected chi connectivity index (χ0v) is 10.2. The van der Waals surface area contributed by atoms with E-state index < -0.39 is 0 Å². The minimum absolute atomic E-state index is 0.248. The summed E-state index contributed by atoms with van der Waals surface area (Å²) in [4.78, 5) is 2.39. The highest BCUT2D eigenvalue weighted by molar-refractivity contribution is 7.80. The molecule has 16 heavy (non-hydrogen) atoms. The van der Waals surface area contributed by atoms with Crippen LogP contribution in [-0.2, 0) is 10.5 Å². The van der Waals surface area contributed by atoms with Crippen molar-refractivity contribution in [2.45, 2.75) is 25.5 Å². The van der Waals surface area contributed by atoms with Gasteiger partial charge in [0.25, 0.3) is 0 Å². The molecule has 2 heterocycles. The fraction of sp³-hybridized carbons (Fsp3) is 0.462. The van der Waals surface area contributed by atoms with Gasteiger partial charge in [0.2, 0.25) is 0 Å². The maximum absolute atomic E-state index is 6.04. The van der Waals surface area contributed by atoms with Crippen LogP contribution in [0.2, 0.25) is 0 Å². The Hall–Kier alpha value is -0.930. The topological polar surface area (TPSA) is 12.5 Å². The molecule has 84 valence electrons. The van der Waals surface area contributed by atoms with Crippen molar-refractivity contribution in [3.8, 4) is 0 Å². The molecular weight excluding hydrogens is 218 g/mol. The van der Waals surface area contributed by atoms with E-state index in [2.05, 4.69) is 30.0 Å². The Morgan fingerprint density at radius 2 is 2.25 bits per heavy atom. The maximum atomic E-state index is 6.04. The number of hydrogen-bond donors (Lipinski definition) is 0. The van der Waals surface area contributed by atoms with Crippen LogP contribution in [0, 0.1) is 0 Å². The van der Waals surface area contributed by atoms with Crippen LogP contribution in [0.15, 0.2) is 24.3 Å². The number of fused-ring (bicyclic) bond motifs is 2. The lowest BCUT2D eigenvalue weighted by molar-refractivity contribution is -0.0581. The van der Waals surface area contributed by atoms with E-state index in [4.69, 9.17) is 17.0 Å². The smallest absolute Gasteiger partial charge is 0.194 e. The largest absolute Gasteiger partial charge is 0.457 e. The van der Waals surface area contributed by atoms with Crippen LogP contribution in [0.1, 0.15) is 30.9 Å². The average Bonchev–Trinajstić information content (AvgIpc) is 2.84. The monoisotopic (exact) mass is 233 g/mol. The van der Waals surface area contributed by atoms with E-state index in [1.165, 1.54) is 12.0 Å². The molecular formula is C13H15NOS. The SMILES string of the molecule is CCN1CCCC12OC(=S)c1ccccc12. The van der Waals surface area contributed by atoms with Crippen LogP contribution in [0.3, 0.4) is 0 Å². The summed E-state index contributed by atoms with van der Waals surface area (Å²) in [6.07, 6.45) is 2.24. The van der Waals surface area contributed by atoms with Gasteiger partial charge in [-0.15, -0.1) is 0 Å². The van der Waals surface area contributed by atoms with Gasteiger partial charge in [-0.3, -0.25) is 4.90 Å². The molecule has 1 aromatic carbocycles. The molecule has 0 radical (unpaired) electrons. The first-order valence-corrected chi connectivity index (χ1v) is 6.26. The van der Waals surface area contributed by atoms with Crippen molar-refractivity contribution in [3.63, 3.8) is 0 Å². The molecule has 0 aliphatic carbocycles. The number of hydrogen-bond acceptors (Lipinski definition) is 3. The minimum atomic E-state index is -0.248. The lowest BCUT2D eigenvalue weighted by Gasteiger charge is -2.33. The number of ether oxygens (including phenoxy) is 1. The Labute approximate surface area is 101 Å². The fourth-order valence-electron chi connectivity index (χ4n) is 2.95. The normalized spacial score (nSPS) is 28.4. The van der Waals surface area contributed by atoms with Gasteiger partial charge in [0.15, 0.2) is 10.8 Å². The summed E-state index contributed by atoms with van der Waals surface area (Å²) >= 11 is 5.34. The first kappa shape index (κ1) is 10.2. The molecule has 3 heteroatoms. The van der Waals surface area contributed by atoms with Crippen molar-refractivity contribution in [3.05, 3.63) is 35.4 Å². The third-order valence-electron chi connectivity index (χ3n) is 3.67. The summed E-state index contributed by atoms with van der Waals surface area (Å²) in [5.74, 6) is 0. The van der Waals surface area contributed by atoms with E-state index in [9.17, 15) is 0 Å². The molecule has 0 amide bonds. The highest BCUT2D eigenvalue weighted by Gasteiger charge is 2.50. The van der Waals surface area contributed by atoms with Gasteiger partial charge >= 0.3 is 0 Å². The molecule has 1 fully saturated rings. The van der Waals surface area contributed by atoms with Crippen molar-refractivity contribution >= 4 is 17.3 Å². The van der Waals surface area contributed by atoms with Gasteiger partial charge < -0.3 is 4.74 Å². The second-order valence-electron chi connectivity index (χ2n) is 4.40. The molecule has 1 atom stereocenters. The molecule has 1 aromatic rings. The number of likely N-dealkylation sites (tertiary alicyclic amines) is 1. The number of thiocarbonyl (C=S) groups is 1. The number of rotatable bonds is 1. The first-order chi connectivity index (χ1) is 7.78. The molecule has 0 N–H and O–H groups in total.